The average molecular weight is 263 g/mol. The SMILES string of the molecule is CCNc1ccc([N+](=O)[O-])cc1C(=O)NC1CC1C. The van der Waals surface area contributed by atoms with E-state index in [-0.39, 0.29) is 17.6 Å². The number of nitrogens with zero attached hydrogens (tertiary/aromatic N) is 1. The molecular weight excluding hydrogens is 246 g/mol. The Hall–Kier alpha value is -2.11. The monoisotopic (exact) mass is 263 g/mol. The van der Waals surface area contributed by atoms with E-state index in [0.717, 1.165) is 6.42 Å². The predicted molar refractivity (Wildman–Crippen MR) is 72.3 cm³/mol. The molecule has 1 aromatic rings. The fraction of sp³-hybridized carbons (Fsp3) is 0.462. The maximum Gasteiger partial charge on any atom is 0.270 e. The first-order valence-corrected chi connectivity index (χ1v) is 6.36. The zero-order chi connectivity index (χ0) is 14.0. The van der Waals surface area contributed by atoms with Gasteiger partial charge in [0.25, 0.3) is 11.6 Å². The highest BCUT2D eigenvalue weighted by molar-refractivity contribution is 6.00. The molecule has 0 aliphatic heterocycles. The summed E-state index contributed by atoms with van der Waals surface area (Å²) in [6.45, 7) is 4.62. The molecule has 2 unspecified atom stereocenters. The Morgan fingerprint density at radius 2 is 2.21 bits per heavy atom. The molecule has 2 N–H and O–H groups in total. The van der Waals surface area contributed by atoms with Crippen molar-refractivity contribution >= 4 is 17.3 Å². The van der Waals surface area contributed by atoms with E-state index in [1.54, 1.807) is 6.07 Å². The summed E-state index contributed by atoms with van der Waals surface area (Å²) in [5, 5.41) is 16.7. The largest absolute Gasteiger partial charge is 0.385 e. The van der Waals surface area contributed by atoms with Gasteiger partial charge in [-0.25, -0.2) is 0 Å². The maximum absolute atomic E-state index is 12.1. The van der Waals surface area contributed by atoms with Crippen molar-refractivity contribution in [2.24, 2.45) is 5.92 Å². The fourth-order valence-electron chi connectivity index (χ4n) is 1.95. The maximum atomic E-state index is 12.1. The molecule has 2 atom stereocenters. The lowest BCUT2D eigenvalue weighted by molar-refractivity contribution is -0.384. The van der Waals surface area contributed by atoms with Gasteiger partial charge in [-0.05, 0) is 25.3 Å². The van der Waals surface area contributed by atoms with Crippen LogP contribution in [-0.2, 0) is 0 Å². The van der Waals surface area contributed by atoms with Gasteiger partial charge in [-0.15, -0.1) is 0 Å². The van der Waals surface area contributed by atoms with Crippen molar-refractivity contribution in [2.75, 3.05) is 11.9 Å². The first-order chi connectivity index (χ1) is 9.02. The van der Waals surface area contributed by atoms with Crippen LogP contribution in [0.2, 0.25) is 0 Å². The Morgan fingerprint density at radius 1 is 1.53 bits per heavy atom. The number of benzene rings is 1. The van der Waals surface area contributed by atoms with E-state index in [1.807, 2.05) is 6.92 Å². The van der Waals surface area contributed by atoms with Crippen molar-refractivity contribution in [1.82, 2.24) is 5.32 Å². The normalized spacial score (nSPS) is 20.7. The van der Waals surface area contributed by atoms with Crippen LogP contribution in [0.5, 0.6) is 0 Å². The van der Waals surface area contributed by atoms with Gasteiger partial charge >= 0.3 is 0 Å². The Labute approximate surface area is 111 Å². The third-order valence-corrected chi connectivity index (χ3v) is 3.25. The van der Waals surface area contributed by atoms with Crippen LogP contribution in [0.4, 0.5) is 11.4 Å². The standard InChI is InChI=1S/C13H17N3O3/c1-3-14-11-5-4-9(16(18)19)7-10(11)13(17)15-12-6-8(12)2/h4-5,7-8,12,14H,3,6H2,1-2H3,(H,15,17). The topological polar surface area (TPSA) is 84.3 Å². The lowest BCUT2D eigenvalue weighted by atomic mass is 10.1. The number of hydrogen-bond donors (Lipinski definition) is 2. The molecule has 102 valence electrons. The number of carbonyl (C=O) groups is 1. The molecule has 0 saturated heterocycles. The highest BCUT2D eigenvalue weighted by Crippen LogP contribution is 2.30. The second kappa shape index (κ2) is 5.26. The number of carbonyl (C=O) groups excluding carboxylic acids is 1. The van der Waals surface area contributed by atoms with Crippen molar-refractivity contribution in [2.45, 2.75) is 26.3 Å². The number of amides is 1. The molecule has 0 heterocycles. The summed E-state index contributed by atoms with van der Waals surface area (Å²) in [5.41, 5.74) is 0.879. The molecule has 1 saturated carbocycles. The zero-order valence-corrected chi connectivity index (χ0v) is 11.0. The first kappa shape index (κ1) is 13.3. The van der Waals surface area contributed by atoms with Gasteiger partial charge in [-0.1, -0.05) is 6.92 Å². The van der Waals surface area contributed by atoms with Gasteiger partial charge in [0.2, 0.25) is 0 Å². The second-order valence-corrected chi connectivity index (χ2v) is 4.81. The van der Waals surface area contributed by atoms with Crippen LogP contribution in [0.25, 0.3) is 0 Å². The van der Waals surface area contributed by atoms with Gasteiger partial charge < -0.3 is 10.6 Å². The summed E-state index contributed by atoms with van der Waals surface area (Å²) in [4.78, 5) is 22.4. The highest BCUT2D eigenvalue weighted by atomic mass is 16.6. The minimum Gasteiger partial charge on any atom is -0.385 e. The van der Waals surface area contributed by atoms with Crippen molar-refractivity contribution in [3.8, 4) is 0 Å². The molecule has 1 amide bonds. The van der Waals surface area contributed by atoms with Gasteiger partial charge in [-0.2, -0.15) is 0 Å². The van der Waals surface area contributed by atoms with Crippen molar-refractivity contribution < 1.29 is 9.72 Å². The second-order valence-electron chi connectivity index (χ2n) is 4.81. The van der Waals surface area contributed by atoms with Gasteiger partial charge in [0.1, 0.15) is 0 Å². The molecule has 1 aliphatic carbocycles. The summed E-state index contributed by atoms with van der Waals surface area (Å²) < 4.78 is 0. The molecule has 0 spiro atoms. The molecular formula is C13H17N3O3. The van der Waals surface area contributed by atoms with E-state index >= 15 is 0 Å². The molecule has 1 fully saturated rings. The van der Waals surface area contributed by atoms with E-state index in [9.17, 15) is 14.9 Å². The van der Waals surface area contributed by atoms with Gasteiger partial charge in [0.05, 0.1) is 10.5 Å². The molecule has 1 aliphatic rings. The van der Waals surface area contributed by atoms with Crippen LogP contribution in [-0.4, -0.2) is 23.4 Å². The number of nitrogens with one attached hydrogen (secondary N) is 2. The number of nitro groups is 1. The van der Waals surface area contributed by atoms with Crippen LogP contribution in [0.15, 0.2) is 18.2 Å². The molecule has 0 bridgehead atoms. The molecule has 19 heavy (non-hydrogen) atoms. The summed E-state index contributed by atoms with van der Waals surface area (Å²) in [6, 6.07) is 4.49. The Kier molecular flexibility index (Phi) is 3.69. The molecule has 1 aromatic carbocycles. The number of nitro benzene ring substituents is 1. The van der Waals surface area contributed by atoms with Gasteiger partial charge in [0.15, 0.2) is 0 Å². The van der Waals surface area contributed by atoms with Crippen LogP contribution in [0.1, 0.15) is 30.6 Å². The van der Waals surface area contributed by atoms with Gasteiger partial charge in [0, 0.05) is 30.4 Å². The first-order valence-electron chi connectivity index (χ1n) is 6.36. The Morgan fingerprint density at radius 3 is 2.74 bits per heavy atom. The van der Waals surface area contributed by atoms with E-state index < -0.39 is 4.92 Å². The summed E-state index contributed by atoms with van der Waals surface area (Å²) in [7, 11) is 0. The van der Waals surface area contributed by atoms with E-state index in [1.165, 1.54) is 12.1 Å². The number of rotatable bonds is 5. The van der Waals surface area contributed by atoms with E-state index in [0.29, 0.717) is 23.7 Å². The van der Waals surface area contributed by atoms with Crippen molar-refractivity contribution in [3.05, 3.63) is 33.9 Å². The van der Waals surface area contributed by atoms with Crippen molar-refractivity contribution in [3.63, 3.8) is 0 Å². The Bertz CT molecular complexity index is 516. The minimum absolute atomic E-state index is 0.0735. The van der Waals surface area contributed by atoms with Crippen LogP contribution in [0.3, 0.4) is 0 Å². The molecule has 0 radical (unpaired) electrons. The van der Waals surface area contributed by atoms with Crippen LogP contribution in [0, 0.1) is 16.0 Å². The lowest BCUT2D eigenvalue weighted by Crippen LogP contribution is -2.27. The quantitative estimate of drug-likeness (QED) is 0.629. The summed E-state index contributed by atoms with van der Waals surface area (Å²) >= 11 is 0. The molecule has 2 rings (SSSR count). The highest BCUT2D eigenvalue weighted by Gasteiger charge is 2.34. The summed E-state index contributed by atoms with van der Waals surface area (Å²) in [6.07, 6.45) is 0.969. The summed E-state index contributed by atoms with van der Waals surface area (Å²) in [5.74, 6) is 0.235. The average Bonchev–Trinajstić information content (AvgIpc) is 3.05. The molecule has 0 aromatic heterocycles. The van der Waals surface area contributed by atoms with Gasteiger partial charge in [-0.3, -0.25) is 14.9 Å². The van der Waals surface area contributed by atoms with E-state index in [4.69, 9.17) is 0 Å². The third kappa shape index (κ3) is 3.01. The molecule has 6 heteroatoms. The smallest absolute Gasteiger partial charge is 0.270 e. The zero-order valence-electron chi connectivity index (χ0n) is 11.0. The van der Waals surface area contributed by atoms with Crippen molar-refractivity contribution in [1.29, 1.82) is 0 Å². The molecule has 6 nitrogen and oxygen atoms in total. The Balaban J connectivity index is 2.25. The van der Waals surface area contributed by atoms with E-state index in [2.05, 4.69) is 17.6 Å². The fourth-order valence-corrected chi connectivity index (χ4v) is 1.95. The number of non-ortho nitro benzene ring substituents is 1. The number of anilines is 1. The minimum atomic E-state index is -0.494. The van der Waals surface area contributed by atoms with Crippen LogP contribution >= 0.6 is 0 Å². The van der Waals surface area contributed by atoms with Crippen LogP contribution < -0.4 is 10.6 Å². The number of hydrogen-bond acceptors (Lipinski definition) is 4. The lowest BCUT2D eigenvalue weighted by Gasteiger charge is -2.10. The predicted octanol–water partition coefficient (Wildman–Crippen LogP) is 2.16. The third-order valence-electron chi connectivity index (χ3n) is 3.25.